The number of rotatable bonds is 8. The van der Waals surface area contributed by atoms with Crippen molar-refractivity contribution in [1.82, 2.24) is 10.6 Å². The van der Waals surface area contributed by atoms with E-state index in [1.54, 1.807) is 0 Å². The lowest BCUT2D eigenvalue weighted by atomic mass is 9.95. The molecule has 0 spiro atoms. The number of halogens is 2. The lowest BCUT2D eigenvalue weighted by molar-refractivity contribution is -0.164. The number of carbonyl (C=O) groups excluding carboxylic acids is 2. The molecule has 0 aliphatic heterocycles. The third-order valence-corrected chi connectivity index (χ3v) is 6.65. The van der Waals surface area contributed by atoms with Crippen molar-refractivity contribution in [1.29, 1.82) is 0 Å². The number of benzene rings is 2. The Labute approximate surface area is 195 Å². The molecule has 9 heteroatoms. The van der Waals surface area contributed by atoms with E-state index >= 15 is 0 Å². The van der Waals surface area contributed by atoms with Gasteiger partial charge in [-0.05, 0) is 41.0 Å². The number of alkyl halides is 2. The SMILES string of the molecule is O=C(NC[C@@H]1CCC[C@@H]1C(=O)NCC(F)(F)C(=O)O)OCC1c2ccccc2-c2ccccc21. The molecule has 0 bridgehead atoms. The molecule has 2 amide bonds. The highest BCUT2D eigenvalue weighted by molar-refractivity contribution is 5.82. The largest absolute Gasteiger partial charge is 0.477 e. The molecule has 1 saturated carbocycles. The van der Waals surface area contributed by atoms with Gasteiger partial charge in [-0.3, -0.25) is 4.79 Å². The van der Waals surface area contributed by atoms with Crippen molar-refractivity contribution in [3.8, 4) is 11.1 Å². The number of fused-ring (bicyclic) bond motifs is 3. The average molecular weight is 472 g/mol. The predicted octanol–water partition coefficient (Wildman–Crippen LogP) is 3.78. The Morgan fingerprint density at radius 2 is 1.59 bits per heavy atom. The summed E-state index contributed by atoms with van der Waals surface area (Å²) in [5.41, 5.74) is 4.45. The first-order chi connectivity index (χ1) is 16.3. The van der Waals surface area contributed by atoms with Crippen LogP contribution in [0, 0.1) is 11.8 Å². The van der Waals surface area contributed by atoms with E-state index in [4.69, 9.17) is 9.84 Å². The van der Waals surface area contributed by atoms with Crippen molar-refractivity contribution >= 4 is 18.0 Å². The standard InChI is InChI=1S/C25H26F2N2O5/c26-25(27,23(31)32)14-29-22(30)16-11-5-6-15(16)12-28-24(33)34-13-21-19-9-3-1-7-17(19)18-8-2-4-10-20(18)21/h1-4,7-10,15-16,21H,5-6,11-14H2,(H,28,33)(H,29,30)(H,31,32)/t15-,16-/m0/s1. The fraction of sp³-hybridized carbons (Fsp3) is 0.400. The first-order valence-electron chi connectivity index (χ1n) is 11.3. The van der Waals surface area contributed by atoms with Gasteiger partial charge in [-0.25, -0.2) is 9.59 Å². The second-order valence-corrected chi connectivity index (χ2v) is 8.73. The van der Waals surface area contributed by atoms with Crippen molar-refractivity contribution in [2.24, 2.45) is 11.8 Å². The zero-order chi connectivity index (χ0) is 24.3. The van der Waals surface area contributed by atoms with Crippen LogP contribution in [0.15, 0.2) is 48.5 Å². The smallest absolute Gasteiger partial charge is 0.407 e. The zero-order valence-corrected chi connectivity index (χ0v) is 18.4. The van der Waals surface area contributed by atoms with E-state index in [0.717, 1.165) is 22.3 Å². The third kappa shape index (κ3) is 4.88. The Morgan fingerprint density at radius 3 is 2.21 bits per heavy atom. The van der Waals surface area contributed by atoms with E-state index in [-0.39, 0.29) is 25.0 Å². The summed E-state index contributed by atoms with van der Waals surface area (Å²) in [4.78, 5) is 35.2. The summed E-state index contributed by atoms with van der Waals surface area (Å²) in [6.07, 6.45) is 1.24. The summed E-state index contributed by atoms with van der Waals surface area (Å²) in [5, 5.41) is 13.2. The molecule has 2 aromatic rings. The lowest BCUT2D eigenvalue weighted by Gasteiger charge is -2.21. The molecule has 0 unspecified atom stereocenters. The van der Waals surface area contributed by atoms with Gasteiger partial charge in [0.15, 0.2) is 0 Å². The van der Waals surface area contributed by atoms with Crippen LogP contribution in [0.5, 0.6) is 0 Å². The summed E-state index contributed by atoms with van der Waals surface area (Å²) < 4.78 is 32.0. The molecule has 2 atom stereocenters. The molecule has 7 nitrogen and oxygen atoms in total. The highest BCUT2D eigenvalue weighted by atomic mass is 19.3. The molecule has 180 valence electrons. The van der Waals surface area contributed by atoms with Gasteiger partial charge in [0.1, 0.15) is 6.61 Å². The average Bonchev–Trinajstić information content (AvgIpc) is 3.42. The highest BCUT2D eigenvalue weighted by Gasteiger charge is 2.41. The van der Waals surface area contributed by atoms with Gasteiger partial charge in [0.2, 0.25) is 5.91 Å². The number of alkyl carbamates (subject to hydrolysis) is 1. The number of hydrogen-bond acceptors (Lipinski definition) is 4. The molecule has 34 heavy (non-hydrogen) atoms. The minimum Gasteiger partial charge on any atom is -0.477 e. The van der Waals surface area contributed by atoms with E-state index in [9.17, 15) is 23.2 Å². The maximum atomic E-state index is 13.3. The maximum Gasteiger partial charge on any atom is 0.407 e. The van der Waals surface area contributed by atoms with E-state index < -0.39 is 36.4 Å². The summed E-state index contributed by atoms with van der Waals surface area (Å²) >= 11 is 0. The van der Waals surface area contributed by atoms with Gasteiger partial charge in [-0.1, -0.05) is 55.0 Å². The Bertz CT molecular complexity index is 1040. The molecular formula is C25H26F2N2O5. The van der Waals surface area contributed by atoms with Gasteiger partial charge in [0.05, 0.1) is 6.54 Å². The van der Waals surface area contributed by atoms with Gasteiger partial charge in [-0.15, -0.1) is 0 Å². The topological polar surface area (TPSA) is 105 Å². The Morgan fingerprint density at radius 1 is 0.971 bits per heavy atom. The summed E-state index contributed by atoms with van der Waals surface area (Å²) in [6.45, 7) is -0.924. The normalized spacial score (nSPS) is 19.2. The minimum absolute atomic E-state index is 0.0703. The fourth-order valence-corrected chi connectivity index (χ4v) is 4.90. The number of aliphatic carboxylic acids is 1. The lowest BCUT2D eigenvalue weighted by Crippen LogP contribution is -2.45. The molecule has 0 radical (unpaired) electrons. The Balaban J connectivity index is 1.29. The number of ether oxygens (including phenoxy) is 1. The van der Waals surface area contributed by atoms with Crippen LogP contribution in [-0.2, 0) is 14.3 Å². The minimum atomic E-state index is -4.02. The molecule has 2 aromatic carbocycles. The number of amides is 2. The molecular weight excluding hydrogens is 446 g/mol. The van der Waals surface area contributed by atoms with Crippen molar-refractivity contribution in [3.63, 3.8) is 0 Å². The van der Waals surface area contributed by atoms with Crippen LogP contribution in [0.25, 0.3) is 11.1 Å². The van der Waals surface area contributed by atoms with Crippen LogP contribution in [-0.4, -0.2) is 48.7 Å². The summed E-state index contributed by atoms with van der Waals surface area (Å²) in [5.74, 6) is -7.81. The van der Waals surface area contributed by atoms with Crippen molar-refractivity contribution in [2.45, 2.75) is 31.1 Å². The third-order valence-electron chi connectivity index (χ3n) is 6.65. The predicted molar refractivity (Wildman–Crippen MR) is 119 cm³/mol. The zero-order valence-electron chi connectivity index (χ0n) is 18.4. The molecule has 3 N–H and O–H groups in total. The molecule has 2 aliphatic rings. The molecule has 0 aromatic heterocycles. The van der Waals surface area contributed by atoms with Crippen LogP contribution in [0.4, 0.5) is 13.6 Å². The van der Waals surface area contributed by atoms with E-state index in [1.807, 2.05) is 53.8 Å². The van der Waals surface area contributed by atoms with Crippen molar-refractivity contribution in [2.75, 3.05) is 19.7 Å². The van der Waals surface area contributed by atoms with Gasteiger partial charge in [-0.2, -0.15) is 8.78 Å². The number of carboxylic acids is 1. The first kappa shape index (κ1) is 23.7. The number of carboxylic acid groups (broad SMARTS) is 1. The summed E-state index contributed by atoms with van der Waals surface area (Å²) in [6, 6.07) is 16.0. The maximum absolute atomic E-state index is 13.3. The van der Waals surface area contributed by atoms with E-state index in [2.05, 4.69) is 5.32 Å². The molecule has 0 heterocycles. The number of hydrogen-bond donors (Lipinski definition) is 3. The fourth-order valence-electron chi connectivity index (χ4n) is 4.90. The van der Waals surface area contributed by atoms with Crippen LogP contribution in [0.2, 0.25) is 0 Å². The second kappa shape index (κ2) is 9.79. The monoisotopic (exact) mass is 472 g/mol. The van der Waals surface area contributed by atoms with E-state index in [0.29, 0.717) is 19.3 Å². The molecule has 2 aliphatic carbocycles. The number of nitrogens with one attached hydrogen (secondary N) is 2. The Kier molecular flexibility index (Phi) is 6.81. The molecule has 0 saturated heterocycles. The van der Waals surface area contributed by atoms with Crippen molar-refractivity contribution < 1.29 is 33.0 Å². The van der Waals surface area contributed by atoms with E-state index in [1.165, 1.54) is 0 Å². The molecule has 1 fully saturated rings. The van der Waals surface area contributed by atoms with Gasteiger partial charge < -0.3 is 20.5 Å². The van der Waals surface area contributed by atoms with Crippen LogP contribution in [0.1, 0.15) is 36.3 Å². The second-order valence-electron chi connectivity index (χ2n) is 8.73. The summed E-state index contributed by atoms with van der Waals surface area (Å²) in [7, 11) is 0. The van der Waals surface area contributed by atoms with Gasteiger partial charge >= 0.3 is 18.0 Å². The molecule has 4 rings (SSSR count). The van der Waals surface area contributed by atoms with Gasteiger partial charge in [0, 0.05) is 18.4 Å². The highest BCUT2D eigenvalue weighted by Crippen LogP contribution is 2.44. The number of carbonyl (C=O) groups is 3. The van der Waals surface area contributed by atoms with Crippen LogP contribution >= 0.6 is 0 Å². The Hall–Kier alpha value is -3.49. The van der Waals surface area contributed by atoms with Crippen molar-refractivity contribution in [3.05, 3.63) is 59.7 Å². The van der Waals surface area contributed by atoms with Crippen LogP contribution in [0.3, 0.4) is 0 Å². The van der Waals surface area contributed by atoms with Crippen LogP contribution < -0.4 is 10.6 Å². The first-order valence-corrected chi connectivity index (χ1v) is 11.3. The quantitative estimate of drug-likeness (QED) is 0.543. The van der Waals surface area contributed by atoms with Gasteiger partial charge in [0.25, 0.3) is 0 Å².